The maximum atomic E-state index is 9.19. The Kier molecular flexibility index (Phi) is 1.63. The van der Waals surface area contributed by atoms with Crippen molar-refractivity contribution in [2.75, 3.05) is 6.61 Å². The van der Waals surface area contributed by atoms with Gasteiger partial charge in [0.25, 0.3) is 0 Å². The first-order valence-electron chi connectivity index (χ1n) is 4.86. The molecule has 3 aliphatic rings. The second kappa shape index (κ2) is 2.35. The van der Waals surface area contributed by atoms with Crippen LogP contribution in [0.4, 0.5) is 0 Å². The summed E-state index contributed by atoms with van der Waals surface area (Å²) < 4.78 is 0. The van der Waals surface area contributed by atoms with Crippen LogP contribution in [0.3, 0.4) is 0 Å². The lowest BCUT2D eigenvalue weighted by molar-refractivity contribution is -0.0524. The van der Waals surface area contributed by atoms with Crippen LogP contribution in [-0.2, 0) is 0 Å². The highest BCUT2D eigenvalue weighted by Crippen LogP contribution is 2.60. The maximum absolute atomic E-state index is 9.19. The number of allylic oxidation sites excluding steroid dienone is 1. The van der Waals surface area contributed by atoms with Crippen LogP contribution in [0.2, 0.25) is 0 Å². The third-order valence-electron chi connectivity index (χ3n) is 4.10. The second-order valence-corrected chi connectivity index (χ2v) is 4.97. The Balaban J connectivity index is 2.29. The zero-order chi connectivity index (χ0) is 8.93. The van der Waals surface area contributed by atoms with Gasteiger partial charge in [-0.3, -0.25) is 0 Å². The Morgan fingerprint density at radius 2 is 2.25 bits per heavy atom. The Bertz CT molecular complexity index is 227. The molecule has 0 spiro atoms. The van der Waals surface area contributed by atoms with Crippen molar-refractivity contribution in [1.29, 1.82) is 0 Å². The van der Waals surface area contributed by atoms with Gasteiger partial charge in [0.1, 0.15) is 0 Å². The standard InChI is InChI=1S/C11H18O/c1-7-4-8(6-12)10-5-9(7)11(10,2)3/h4,8-10,12H,5-6H2,1-3H3. The summed E-state index contributed by atoms with van der Waals surface area (Å²) >= 11 is 0. The summed E-state index contributed by atoms with van der Waals surface area (Å²) in [5.41, 5.74) is 1.95. The molecule has 1 saturated carbocycles. The summed E-state index contributed by atoms with van der Waals surface area (Å²) in [6.45, 7) is 7.22. The molecule has 2 bridgehead atoms. The molecule has 0 heterocycles. The summed E-state index contributed by atoms with van der Waals surface area (Å²) in [7, 11) is 0. The smallest absolute Gasteiger partial charge is 0.0496 e. The topological polar surface area (TPSA) is 20.2 Å². The van der Waals surface area contributed by atoms with Gasteiger partial charge in [0.2, 0.25) is 0 Å². The lowest BCUT2D eigenvalue weighted by Gasteiger charge is -2.58. The second-order valence-electron chi connectivity index (χ2n) is 4.97. The van der Waals surface area contributed by atoms with Crippen molar-refractivity contribution in [2.45, 2.75) is 27.2 Å². The molecule has 68 valence electrons. The van der Waals surface area contributed by atoms with Crippen molar-refractivity contribution < 1.29 is 5.11 Å². The van der Waals surface area contributed by atoms with Crippen molar-refractivity contribution in [3.05, 3.63) is 11.6 Å². The molecule has 12 heavy (non-hydrogen) atoms. The summed E-state index contributed by atoms with van der Waals surface area (Å²) in [4.78, 5) is 0. The first-order chi connectivity index (χ1) is 5.57. The number of aliphatic hydroxyl groups is 1. The predicted octanol–water partition coefficient (Wildman–Crippen LogP) is 2.22. The zero-order valence-electron chi connectivity index (χ0n) is 8.17. The van der Waals surface area contributed by atoms with Crippen molar-refractivity contribution in [1.82, 2.24) is 0 Å². The van der Waals surface area contributed by atoms with Crippen LogP contribution < -0.4 is 0 Å². The summed E-state index contributed by atoms with van der Waals surface area (Å²) in [5.74, 6) is 1.96. The lowest BCUT2D eigenvalue weighted by Crippen LogP contribution is -2.52. The molecule has 3 rings (SSSR count). The molecule has 3 aliphatic carbocycles. The van der Waals surface area contributed by atoms with Crippen molar-refractivity contribution in [3.63, 3.8) is 0 Å². The Morgan fingerprint density at radius 1 is 1.58 bits per heavy atom. The van der Waals surface area contributed by atoms with Gasteiger partial charge < -0.3 is 5.11 Å². The third kappa shape index (κ3) is 0.832. The van der Waals surface area contributed by atoms with E-state index in [1.165, 1.54) is 12.0 Å². The molecule has 3 unspecified atom stereocenters. The average Bonchev–Trinajstić information content (AvgIpc) is 2.02. The SMILES string of the molecule is CC1=CC(CO)C2CC1C2(C)C. The average molecular weight is 166 g/mol. The molecule has 1 heteroatoms. The van der Waals surface area contributed by atoms with E-state index in [9.17, 15) is 5.11 Å². The minimum absolute atomic E-state index is 0.332. The molecule has 3 atom stereocenters. The van der Waals surface area contributed by atoms with E-state index in [0.29, 0.717) is 17.9 Å². The molecule has 1 N–H and O–H groups in total. The van der Waals surface area contributed by atoms with E-state index in [4.69, 9.17) is 0 Å². The molecule has 0 aliphatic heterocycles. The fourth-order valence-electron chi connectivity index (χ4n) is 3.21. The highest BCUT2D eigenvalue weighted by atomic mass is 16.3. The Morgan fingerprint density at radius 3 is 2.67 bits per heavy atom. The minimum Gasteiger partial charge on any atom is -0.396 e. The van der Waals surface area contributed by atoms with Gasteiger partial charge in [-0.25, -0.2) is 0 Å². The van der Waals surface area contributed by atoms with E-state index >= 15 is 0 Å². The van der Waals surface area contributed by atoms with E-state index in [-0.39, 0.29) is 0 Å². The van der Waals surface area contributed by atoms with E-state index in [2.05, 4.69) is 26.8 Å². The molecule has 0 radical (unpaired) electrons. The quantitative estimate of drug-likeness (QED) is 0.592. The summed E-state index contributed by atoms with van der Waals surface area (Å²) in [5, 5.41) is 9.19. The van der Waals surface area contributed by atoms with Crippen LogP contribution >= 0.6 is 0 Å². The minimum atomic E-state index is 0.332. The van der Waals surface area contributed by atoms with Crippen LogP contribution in [0, 0.1) is 23.2 Å². The largest absolute Gasteiger partial charge is 0.396 e. The van der Waals surface area contributed by atoms with Crippen molar-refractivity contribution in [3.8, 4) is 0 Å². The summed E-state index contributed by atoms with van der Waals surface area (Å²) in [6, 6.07) is 0. The normalized spacial score (nSPS) is 43.3. The Hall–Kier alpha value is -0.300. The van der Waals surface area contributed by atoms with Gasteiger partial charge >= 0.3 is 0 Å². The number of hydrogen-bond donors (Lipinski definition) is 1. The van der Waals surface area contributed by atoms with Crippen molar-refractivity contribution in [2.24, 2.45) is 23.2 Å². The van der Waals surface area contributed by atoms with Crippen molar-refractivity contribution >= 4 is 0 Å². The molecule has 0 aromatic rings. The van der Waals surface area contributed by atoms with E-state index in [1.54, 1.807) is 0 Å². The monoisotopic (exact) mass is 166 g/mol. The zero-order valence-corrected chi connectivity index (χ0v) is 8.17. The Labute approximate surface area is 74.5 Å². The van der Waals surface area contributed by atoms with Gasteiger partial charge in [-0.05, 0) is 30.6 Å². The highest BCUT2D eigenvalue weighted by molar-refractivity contribution is 5.24. The van der Waals surface area contributed by atoms with Crippen LogP contribution in [-0.4, -0.2) is 11.7 Å². The number of rotatable bonds is 1. The lowest BCUT2D eigenvalue weighted by atomic mass is 9.46. The van der Waals surface area contributed by atoms with Gasteiger partial charge in [0.05, 0.1) is 0 Å². The van der Waals surface area contributed by atoms with E-state index < -0.39 is 0 Å². The van der Waals surface area contributed by atoms with Gasteiger partial charge in [-0.2, -0.15) is 0 Å². The number of aliphatic hydroxyl groups excluding tert-OH is 1. The fraction of sp³-hybridized carbons (Fsp3) is 0.818. The van der Waals surface area contributed by atoms with Gasteiger partial charge in [0, 0.05) is 12.5 Å². The molecule has 0 aromatic carbocycles. The molecule has 1 nitrogen and oxygen atoms in total. The third-order valence-corrected chi connectivity index (χ3v) is 4.10. The summed E-state index contributed by atoms with van der Waals surface area (Å²) in [6.07, 6.45) is 3.59. The molecular weight excluding hydrogens is 148 g/mol. The van der Waals surface area contributed by atoms with Crippen LogP contribution in [0.25, 0.3) is 0 Å². The molecule has 1 fully saturated rings. The number of fused-ring (bicyclic) bond motifs is 1. The highest BCUT2D eigenvalue weighted by Gasteiger charge is 2.53. The number of hydrogen-bond acceptors (Lipinski definition) is 1. The van der Waals surface area contributed by atoms with E-state index in [0.717, 1.165) is 11.8 Å². The van der Waals surface area contributed by atoms with Gasteiger partial charge in [0.15, 0.2) is 0 Å². The maximum Gasteiger partial charge on any atom is 0.0496 e. The first-order valence-corrected chi connectivity index (χ1v) is 4.86. The molecular formula is C11H18O. The van der Waals surface area contributed by atoms with Crippen LogP contribution in [0.1, 0.15) is 27.2 Å². The van der Waals surface area contributed by atoms with Gasteiger partial charge in [-0.15, -0.1) is 0 Å². The molecule has 0 saturated heterocycles. The fourth-order valence-corrected chi connectivity index (χ4v) is 3.21. The van der Waals surface area contributed by atoms with E-state index in [1.807, 2.05) is 0 Å². The van der Waals surface area contributed by atoms with Gasteiger partial charge in [-0.1, -0.05) is 25.5 Å². The van der Waals surface area contributed by atoms with Crippen LogP contribution in [0.5, 0.6) is 0 Å². The first kappa shape index (κ1) is 8.31. The molecule has 0 amide bonds. The predicted molar refractivity (Wildman–Crippen MR) is 49.7 cm³/mol. The molecule has 0 aromatic heterocycles. The van der Waals surface area contributed by atoms with Crippen LogP contribution in [0.15, 0.2) is 11.6 Å².